The lowest BCUT2D eigenvalue weighted by atomic mass is 10.0. The first-order valence-corrected chi connectivity index (χ1v) is 8.15. The number of hydrogen-bond donors (Lipinski definition) is 1. The molecule has 0 aliphatic carbocycles. The van der Waals surface area contributed by atoms with Gasteiger partial charge in [0, 0.05) is 19.1 Å². The summed E-state index contributed by atoms with van der Waals surface area (Å²) < 4.78 is 0. The minimum Gasteiger partial charge on any atom is -0.314 e. The molecule has 1 aliphatic rings. The fourth-order valence-corrected chi connectivity index (χ4v) is 3.30. The molecular formula is C19H26N2. The molecule has 1 N–H and O–H groups in total. The second-order valence-corrected chi connectivity index (χ2v) is 6.59. The maximum atomic E-state index is 3.57. The molecule has 0 amide bonds. The number of fused-ring (bicyclic) bond motifs is 1. The first-order chi connectivity index (χ1) is 10.2. The van der Waals surface area contributed by atoms with Gasteiger partial charge < -0.3 is 5.32 Å². The van der Waals surface area contributed by atoms with Crippen molar-refractivity contribution < 1.29 is 0 Å². The summed E-state index contributed by atoms with van der Waals surface area (Å²) in [5, 5.41) is 6.33. The third-order valence-corrected chi connectivity index (χ3v) is 4.46. The molecule has 0 saturated carbocycles. The van der Waals surface area contributed by atoms with E-state index in [0.29, 0.717) is 6.04 Å². The van der Waals surface area contributed by atoms with Gasteiger partial charge in [-0.15, -0.1) is 0 Å². The predicted molar refractivity (Wildman–Crippen MR) is 90.5 cm³/mol. The van der Waals surface area contributed by atoms with Gasteiger partial charge in [-0.1, -0.05) is 56.3 Å². The summed E-state index contributed by atoms with van der Waals surface area (Å²) in [6, 6.07) is 16.0. The Labute approximate surface area is 128 Å². The van der Waals surface area contributed by atoms with E-state index in [4.69, 9.17) is 0 Å². The molecule has 1 heterocycles. The van der Waals surface area contributed by atoms with Crippen LogP contribution in [0.5, 0.6) is 0 Å². The molecule has 0 bridgehead atoms. The van der Waals surface area contributed by atoms with E-state index in [-0.39, 0.29) is 0 Å². The van der Waals surface area contributed by atoms with Crippen LogP contribution in [0.2, 0.25) is 0 Å². The van der Waals surface area contributed by atoms with Crippen LogP contribution in [0.15, 0.2) is 42.5 Å². The van der Waals surface area contributed by atoms with Crippen molar-refractivity contribution in [1.29, 1.82) is 0 Å². The van der Waals surface area contributed by atoms with Crippen molar-refractivity contribution >= 4 is 10.8 Å². The average Bonchev–Trinajstić information content (AvgIpc) is 2.93. The lowest BCUT2D eigenvalue weighted by Crippen LogP contribution is -2.30. The third-order valence-electron chi connectivity index (χ3n) is 4.46. The summed E-state index contributed by atoms with van der Waals surface area (Å²) in [6.07, 6.45) is 1.32. The summed E-state index contributed by atoms with van der Waals surface area (Å²) in [5.74, 6) is 0.808. The maximum absolute atomic E-state index is 3.57. The smallest absolute Gasteiger partial charge is 0.0240 e. The van der Waals surface area contributed by atoms with Gasteiger partial charge in [-0.2, -0.15) is 0 Å². The van der Waals surface area contributed by atoms with Crippen LogP contribution in [0.3, 0.4) is 0 Å². The standard InChI is InChI=1S/C19H26N2/c1-15(2)20-12-16-10-11-21(13-16)14-18-8-5-7-17-6-3-4-9-19(17)18/h3-9,15-16,20H,10-14H2,1-2H3. The number of likely N-dealkylation sites (tertiary alicyclic amines) is 1. The number of benzene rings is 2. The van der Waals surface area contributed by atoms with Crippen LogP contribution in [-0.4, -0.2) is 30.6 Å². The normalized spacial score (nSPS) is 19.7. The predicted octanol–water partition coefficient (Wildman–Crippen LogP) is 3.66. The number of rotatable bonds is 5. The second-order valence-electron chi connectivity index (χ2n) is 6.59. The van der Waals surface area contributed by atoms with Gasteiger partial charge in [0.15, 0.2) is 0 Å². The zero-order chi connectivity index (χ0) is 14.7. The Morgan fingerprint density at radius 3 is 2.81 bits per heavy atom. The van der Waals surface area contributed by atoms with E-state index < -0.39 is 0 Å². The first-order valence-electron chi connectivity index (χ1n) is 8.15. The molecule has 2 heteroatoms. The van der Waals surface area contributed by atoms with Crippen molar-refractivity contribution in [3.63, 3.8) is 0 Å². The molecule has 2 aromatic carbocycles. The first kappa shape index (κ1) is 14.6. The maximum Gasteiger partial charge on any atom is 0.0240 e. The van der Waals surface area contributed by atoms with Gasteiger partial charge in [0.25, 0.3) is 0 Å². The highest BCUT2D eigenvalue weighted by atomic mass is 15.1. The van der Waals surface area contributed by atoms with Crippen LogP contribution in [0.4, 0.5) is 0 Å². The Morgan fingerprint density at radius 1 is 1.14 bits per heavy atom. The second kappa shape index (κ2) is 6.59. The Hall–Kier alpha value is -1.38. The van der Waals surface area contributed by atoms with Crippen molar-refractivity contribution in [2.24, 2.45) is 5.92 Å². The zero-order valence-corrected chi connectivity index (χ0v) is 13.2. The van der Waals surface area contributed by atoms with Gasteiger partial charge in [0.1, 0.15) is 0 Å². The van der Waals surface area contributed by atoms with Crippen LogP contribution < -0.4 is 5.32 Å². The van der Waals surface area contributed by atoms with E-state index in [2.05, 4.69) is 66.5 Å². The van der Waals surface area contributed by atoms with E-state index in [0.717, 1.165) is 19.0 Å². The van der Waals surface area contributed by atoms with Crippen molar-refractivity contribution in [3.05, 3.63) is 48.0 Å². The van der Waals surface area contributed by atoms with Gasteiger partial charge in [-0.05, 0) is 41.8 Å². The van der Waals surface area contributed by atoms with Gasteiger partial charge in [0.05, 0.1) is 0 Å². The van der Waals surface area contributed by atoms with Crippen LogP contribution in [-0.2, 0) is 6.54 Å². The van der Waals surface area contributed by atoms with Gasteiger partial charge in [0.2, 0.25) is 0 Å². The summed E-state index contributed by atoms with van der Waals surface area (Å²) >= 11 is 0. The summed E-state index contributed by atoms with van der Waals surface area (Å²) in [6.45, 7) is 9.14. The molecule has 1 saturated heterocycles. The van der Waals surface area contributed by atoms with E-state index in [1.54, 1.807) is 0 Å². The van der Waals surface area contributed by atoms with E-state index in [1.165, 1.54) is 35.8 Å². The monoisotopic (exact) mass is 282 g/mol. The third kappa shape index (κ3) is 3.63. The number of hydrogen-bond acceptors (Lipinski definition) is 2. The molecule has 0 aromatic heterocycles. The zero-order valence-electron chi connectivity index (χ0n) is 13.2. The minimum atomic E-state index is 0.595. The molecule has 1 atom stereocenters. The molecule has 0 spiro atoms. The minimum absolute atomic E-state index is 0.595. The fraction of sp³-hybridized carbons (Fsp3) is 0.474. The summed E-state index contributed by atoms with van der Waals surface area (Å²) in [5.41, 5.74) is 1.46. The molecule has 0 radical (unpaired) electrons. The molecule has 2 aromatic rings. The fourth-order valence-electron chi connectivity index (χ4n) is 3.30. The van der Waals surface area contributed by atoms with Crippen LogP contribution in [0.1, 0.15) is 25.8 Å². The highest BCUT2D eigenvalue weighted by Gasteiger charge is 2.22. The molecule has 1 unspecified atom stereocenters. The van der Waals surface area contributed by atoms with Gasteiger partial charge in [-0.25, -0.2) is 0 Å². The van der Waals surface area contributed by atoms with Crippen molar-refractivity contribution in [2.75, 3.05) is 19.6 Å². The van der Waals surface area contributed by atoms with Crippen LogP contribution in [0.25, 0.3) is 10.8 Å². The molecule has 3 rings (SSSR count). The lowest BCUT2D eigenvalue weighted by molar-refractivity contribution is 0.314. The molecule has 112 valence electrons. The van der Waals surface area contributed by atoms with Crippen LogP contribution >= 0.6 is 0 Å². The molecule has 2 nitrogen and oxygen atoms in total. The van der Waals surface area contributed by atoms with Crippen LogP contribution in [0, 0.1) is 5.92 Å². The largest absolute Gasteiger partial charge is 0.314 e. The highest BCUT2D eigenvalue weighted by Crippen LogP contribution is 2.23. The summed E-state index contributed by atoms with van der Waals surface area (Å²) in [7, 11) is 0. The quantitative estimate of drug-likeness (QED) is 0.900. The van der Waals surface area contributed by atoms with Gasteiger partial charge in [-0.3, -0.25) is 4.90 Å². The number of nitrogens with one attached hydrogen (secondary N) is 1. The topological polar surface area (TPSA) is 15.3 Å². The van der Waals surface area contributed by atoms with Gasteiger partial charge >= 0.3 is 0 Å². The Kier molecular flexibility index (Phi) is 4.57. The molecule has 1 aliphatic heterocycles. The lowest BCUT2D eigenvalue weighted by Gasteiger charge is -2.18. The van der Waals surface area contributed by atoms with E-state index in [9.17, 15) is 0 Å². The van der Waals surface area contributed by atoms with Crippen molar-refractivity contribution in [1.82, 2.24) is 10.2 Å². The van der Waals surface area contributed by atoms with E-state index >= 15 is 0 Å². The van der Waals surface area contributed by atoms with E-state index in [1.807, 2.05) is 0 Å². The molecule has 21 heavy (non-hydrogen) atoms. The van der Waals surface area contributed by atoms with Crippen molar-refractivity contribution in [2.45, 2.75) is 32.9 Å². The number of nitrogens with zero attached hydrogens (tertiary/aromatic N) is 1. The SMILES string of the molecule is CC(C)NCC1CCN(Cc2cccc3ccccc23)C1. The molecular weight excluding hydrogens is 256 g/mol. The Morgan fingerprint density at radius 2 is 1.95 bits per heavy atom. The molecule has 1 fully saturated rings. The Bertz CT molecular complexity index is 586. The van der Waals surface area contributed by atoms with Crippen molar-refractivity contribution in [3.8, 4) is 0 Å². The summed E-state index contributed by atoms with van der Waals surface area (Å²) in [4.78, 5) is 2.61. The highest BCUT2D eigenvalue weighted by molar-refractivity contribution is 5.85. The Balaban J connectivity index is 1.64. The average molecular weight is 282 g/mol.